The Labute approximate surface area is 300 Å². The summed E-state index contributed by atoms with van der Waals surface area (Å²) >= 11 is 0. The number of fused-ring (bicyclic) bond motifs is 1. The lowest BCUT2D eigenvalue weighted by molar-refractivity contribution is -0.275. The van der Waals surface area contributed by atoms with Crippen LogP contribution in [-0.4, -0.2) is 73.3 Å². The van der Waals surface area contributed by atoms with E-state index in [9.17, 15) is 45.0 Å². The van der Waals surface area contributed by atoms with Crippen LogP contribution in [0.5, 0.6) is 34.5 Å². The van der Waals surface area contributed by atoms with Crippen molar-refractivity contribution in [3.63, 3.8) is 0 Å². The molecule has 1 aromatic heterocycles. The third-order valence-electron chi connectivity index (χ3n) is 8.15. The quantitative estimate of drug-likeness (QED) is 0.0894. The molecule has 272 valence electrons. The van der Waals surface area contributed by atoms with Crippen LogP contribution in [0.1, 0.15) is 18.1 Å². The molecule has 2 heterocycles. The van der Waals surface area contributed by atoms with Crippen molar-refractivity contribution in [3.8, 4) is 45.8 Å². The number of rotatable bonds is 9. The van der Waals surface area contributed by atoms with E-state index in [1.807, 2.05) is 0 Å². The van der Waals surface area contributed by atoms with E-state index < -0.39 is 65.3 Å². The first-order chi connectivity index (χ1) is 25.4. The second kappa shape index (κ2) is 15.2. The lowest BCUT2D eigenvalue weighted by Crippen LogP contribution is -2.61. The van der Waals surface area contributed by atoms with Gasteiger partial charge in [0, 0.05) is 29.8 Å². The third kappa shape index (κ3) is 8.25. The van der Waals surface area contributed by atoms with Crippen molar-refractivity contribution in [3.05, 3.63) is 118 Å². The number of benzene rings is 4. The number of phenolic OH excluding ortho intramolecular Hbond substituents is 5. The molecule has 5 atom stereocenters. The van der Waals surface area contributed by atoms with E-state index in [4.69, 9.17) is 23.4 Å². The molecule has 1 aliphatic heterocycles. The van der Waals surface area contributed by atoms with Gasteiger partial charge in [-0.1, -0.05) is 24.3 Å². The van der Waals surface area contributed by atoms with Gasteiger partial charge in [0.05, 0.1) is 6.10 Å². The Balaban J connectivity index is 1.35. The average Bonchev–Trinajstić information content (AvgIpc) is 3.12. The Kier molecular flexibility index (Phi) is 10.4. The minimum Gasteiger partial charge on any atom is -0.508 e. The summed E-state index contributed by atoms with van der Waals surface area (Å²) in [5.41, 5.74) is 0.154. The zero-order valence-electron chi connectivity index (χ0n) is 27.7. The van der Waals surface area contributed by atoms with Crippen molar-refractivity contribution in [2.45, 2.75) is 37.6 Å². The molecule has 0 unspecified atom stereocenters. The highest BCUT2D eigenvalue weighted by molar-refractivity contribution is 5.89. The smallest absolute Gasteiger partial charge is 0.331 e. The van der Waals surface area contributed by atoms with Gasteiger partial charge >= 0.3 is 11.9 Å². The first-order valence-corrected chi connectivity index (χ1v) is 16.0. The van der Waals surface area contributed by atoms with Gasteiger partial charge in [-0.3, -0.25) is 4.79 Å². The van der Waals surface area contributed by atoms with Crippen molar-refractivity contribution in [2.24, 2.45) is 0 Å². The molecule has 0 spiro atoms. The molecule has 6 N–H and O–H groups in total. The summed E-state index contributed by atoms with van der Waals surface area (Å²) in [7, 11) is 0. The van der Waals surface area contributed by atoms with Crippen LogP contribution >= 0.6 is 0 Å². The van der Waals surface area contributed by atoms with Gasteiger partial charge in [0.15, 0.2) is 18.0 Å². The van der Waals surface area contributed by atoms with Crippen LogP contribution in [0.2, 0.25) is 0 Å². The zero-order valence-corrected chi connectivity index (χ0v) is 27.7. The van der Waals surface area contributed by atoms with Crippen LogP contribution in [-0.2, 0) is 23.8 Å². The summed E-state index contributed by atoms with van der Waals surface area (Å²) in [6.07, 6.45) is -2.93. The number of hydrogen-bond acceptors (Lipinski definition) is 14. The monoisotopic (exact) mass is 724 g/mol. The SMILES string of the molecule is C[C@H]1O[C@H](Oc2c(-c3ccc(O)cc3)oc3cc(O)cc(O)c3c2=O)[C@@H](OC(=O)/C=C\c2ccc(O)cc2)[C@@H](O)[C@@H]1OC(=O)/C=C\c1ccc(O)cc1. The summed E-state index contributed by atoms with van der Waals surface area (Å²) in [5, 5.41) is 60.8. The normalized spacial score (nSPS) is 20.1. The molecule has 1 aliphatic rings. The van der Waals surface area contributed by atoms with Crippen LogP contribution in [0.15, 0.2) is 106 Å². The molecule has 0 aliphatic carbocycles. The number of hydrogen-bond donors (Lipinski definition) is 6. The molecular formula is C39H32O14. The molecule has 0 amide bonds. The molecule has 0 saturated carbocycles. The van der Waals surface area contributed by atoms with Gasteiger partial charge in [-0.25, -0.2) is 9.59 Å². The molecule has 14 heteroatoms. The Bertz CT molecular complexity index is 2240. The average molecular weight is 725 g/mol. The van der Waals surface area contributed by atoms with Gasteiger partial charge in [-0.2, -0.15) is 0 Å². The van der Waals surface area contributed by atoms with E-state index in [0.717, 1.165) is 24.3 Å². The fourth-order valence-electron chi connectivity index (χ4n) is 5.52. The van der Waals surface area contributed by atoms with Gasteiger partial charge in [-0.15, -0.1) is 0 Å². The van der Waals surface area contributed by atoms with Crippen LogP contribution in [0.4, 0.5) is 0 Å². The predicted octanol–water partition coefficient (Wildman–Crippen LogP) is 4.72. The van der Waals surface area contributed by atoms with E-state index in [1.165, 1.54) is 79.7 Å². The number of aliphatic hydroxyl groups excluding tert-OH is 1. The fourth-order valence-corrected chi connectivity index (χ4v) is 5.52. The minimum absolute atomic E-state index is 0.00905. The Morgan fingerprint density at radius 1 is 0.698 bits per heavy atom. The molecule has 53 heavy (non-hydrogen) atoms. The second-order valence-corrected chi connectivity index (χ2v) is 11.9. The van der Waals surface area contributed by atoms with E-state index in [-0.39, 0.29) is 39.5 Å². The number of phenols is 5. The second-order valence-electron chi connectivity index (χ2n) is 11.9. The number of aliphatic hydroxyl groups is 1. The fraction of sp³-hybridized carbons (Fsp3) is 0.154. The standard InChI is InChI=1S/C39H32O14/c1-20-35(51-30(45)16-6-21-2-10-24(40)11-3-21)34(48)38(52-31(46)17-7-22-4-12-25(41)13-5-22)39(49-20)53-37-33(47)32-28(44)18-27(43)19-29(32)50-36(37)23-8-14-26(42)15-9-23/h2-20,34-35,38-44,48H,1H3/b16-6-,17-7-/t20-,34+,35-,38+,39-/m1/s1. The first-order valence-electron chi connectivity index (χ1n) is 16.0. The van der Waals surface area contributed by atoms with Crippen LogP contribution in [0.25, 0.3) is 34.4 Å². The zero-order chi connectivity index (χ0) is 37.8. The highest BCUT2D eigenvalue weighted by Crippen LogP contribution is 2.38. The van der Waals surface area contributed by atoms with Crippen molar-refractivity contribution in [1.29, 1.82) is 0 Å². The number of carbonyl (C=O) groups is 2. The minimum atomic E-state index is -1.80. The highest BCUT2D eigenvalue weighted by Gasteiger charge is 2.49. The number of carbonyl (C=O) groups excluding carboxylic acids is 2. The molecule has 1 saturated heterocycles. The topological polar surface area (TPSA) is 223 Å². The van der Waals surface area contributed by atoms with Crippen LogP contribution in [0, 0.1) is 0 Å². The van der Waals surface area contributed by atoms with E-state index >= 15 is 0 Å². The third-order valence-corrected chi connectivity index (χ3v) is 8.15. The van der Waals surface area contributed by atoms with E-state index in [2.05, 4.69) is 0 Å². The largest absolute Gasteiger partial charge is 0.508 e. The van der Waals surface area contributed by atoms with E-state index in [1.54, 1.807) is 12.1 Å². The highest BCUT2D eigenvalue weighted by atomic mass is 16.7. The molecule has 14 nitrogen and oxygen atoms in total. The van der Waals surface area contributed by atoms with Crippen LogP contribution < -0.4 is 10.2 Å². The molecule has 5 aromatic rings. The van der Waals surface area contributed by atoms with Gasteiger partial charge < -0.3 is 54.0 Å². The molecule has 0 bridgehead atoms. The lowest BCUT2D eigenvalue weighted by atomic mass is 9.99. The van der Waals surface area contributed by atoms with Crippen molar-refractivity contribution in [2.75, 3.05) is 0 Å². The van der Waals surface area contributed by atoms with Crippen molar-refractivity contribution < 1.29 is 63.6 Å². The lowest BCUT2D eigenvalue weighted by Gasteiger charge is -2.41. The summed E-state index contributed by atoms with van der Waals surface area (Å²) in [6, 6.07) is 19.3. The number of esters is 2. The maximum atomic E-state index is 14.0. The van der Waals surface area contributed by atoms with Gasteiger partial charge in [0.2, 0.25) is 17.5 Å². The van der Waals surface area contributed by atoms with Gasteiger partial charge in [-0.05, 0) is 78.7 Å². The number of ether oxygens (including phenoxy) is 4. The van der Waals surface area contributed by atoms with Gasteiger partial charge in [0.25, 0.3) is 0 Å². The van der Waals surface area contributed by atoms with Crippen molar-refractivity contribution in [1.82, 2.24) is 0 Å². The Hall–Kier alpha value is -6.77. The van der Waals surface area contributed by atoms with Gasteiger partial charge in [0.1, 0.15) is 45.8 Å². The summed E-state index contributed by atoms with van der Waals surface area (Å²) in [5.74, 6) is -3.77. The summed E-state index contributed by atoms with van der Waals surface area (Å²) in [4.78, 5) is 40.0. The van der Waals surface area contributed by atoms with E-state index in [0.29, 0.717) is 11.1 Å². The maximum absolute atomic E-state index is 14.0. The van der Waals surface area contributed by atoms with Crippen molar-refractivity contribution >= 4 is 35.1 Å². The molecule has 6 rings (SSSR count). The molecular weight excluding hydrogens is 692 g/mol. The number of aromatic hydroxyl groups is 5. The Morgan fingerprint density at radius 3 is 1.75 bits per heavy atom. The summed E-state index contributed by atoms with van der Waals surface area (Å²) < 4.78 is 29.1. The molecule has 1 fully saturated rings. The predicted molar refractivity (Wildman–Crippen MR) is 188 cm³/mol. The van der Waals surface area contributed by atoms with Crippen LogP contribution in [0.3, 0.4) is 0 Å². The Morgan fingerprint density at radius 2 is 1.21 bits per heavy atom. The molecule has 0 radical (unpaired) electrons. The summed E-state index contributed by atoms with van der Waals surface area (Å²) in [6.45, 7) is 1.45. The first kappa shape index (κ1) is 36.0. The molecule has 4 aromatic carbocycles. The maximum Gasteiger partial charge on any atom is 0.331 e.